The van der Waals surface area contributed by atoms with Gasteiger partial charge < -0.3 is 5.73 Å². The number of nitrogen functional groups attached to an aromatic ring is 1. The van der Waals surface area contributed by atoms with Crippen LogP contribution in [0.3, 0.4) is 0 Å². The zero-order chi connectivity index (χ0) is 15.4. The Bertz CT molecular complexity index is 649. The van der Waals surface area contributed by atoms with Gasteiger partial charge in [-0.2, -0.15) is 0 Å². The highest BCUT2D eigenvalue weighted by Gasteiger charge is 2.64. The van der Waals surface area contributed by atoms with E-state index in [2.05, 4.69) is 43.2 Å². The molecular weight excluding hydrogens is 262 g/mol. The van der Waals surface area contributed by atoms with Gasteiger partial charge in [-0.25, -0.2) is 4.68 Å². The molecule has 0 bridgehead atoms. The fourth-order valence-corrected chi connectivity index (χ4v) is 3.47. The van der Waals surface area contributed by atoms with Gasteiger partial charge >= 0.3 is 0 Å². The molecule has 5 nitrogen and oxygen atoms in total. The Labute approximate surface area is 125 Å². The second-order valence-corrected chi connectivity index (χ2v) is 7.22. The summed E-state index contributed by atoms with van der Waals surface area (Å²) in [7, 11) is 0. The molecule has 0 radical (unpaired) electrons. The summed E-state index contributed by atoms with van der Waals surface area (Å²) in [6, 6.07) is 5.89. The maximum absolute atomic E-state index is 6.13. The molecule has 0 unspecified atom stereocenters. The minimum absolute atomic E-state index is 0.313. The smallest absolute Gasteiger partial charge is 0.184 e. The quantitative estimate of drug-likeness (QED) is 0.880. The summed E-state index contributed by atoms with van der Waals surface area (Å²) in [5.74, 6) is 1.33. The number of hydrogen-bond donors (Lipinski definition) is 1. The van der Waals surface area contributed by atoms with Crippen LogP contribution >= 0.6 is 0 Å². The molecule has 21 heavy (non-hydrogen) atoms. The van der Waals surface area contributed by atoms with Crippen LogP contribution in [0.5, 0.6) is 0 Å². The van der Waals surface area contributed by atoms with Gasteiger partial charge in [0.1, 0.15) is 0 Å². The predicted molar refractivity (Wildman–Crippen MR) is 83.5 cm³/mol. The fraction of sp³-hybridized carbons (Fsp3) is 0.562. The lowest BCUT2D eigenvalue weighted by Gasteiger charge is -2.10. The number of nitrogens with zero attached hydrogens (tertiary/aromatic N) is 4. The number of nitrogens with two attached hydrogens (primary N) is 1. The third-order valence-corrected chi connectivity index (χ3v) is 5.74. The van der Waals surface area contributed by atoms with Crippen LogP contribution in [0, 0.1) is 23.7 Å². The van der Waals surface area contributed by atoms with E-state index in [1.165, 1.54) is 0 Å². The van der Waals surface area contributed by atoms with Gasteiger partial charge in [-0.05, 0) is 45.7 Å². The first-order chi connectivity index (χ1) is 9.76. The molecule has 1 saturated carbocycles. The lowest BCUT2D eigenvalue weighted by molar-refractivity contribution is 0.457. The summed E-state index contributed by atoms with van der Waals surface area (Å²) in [6.07, 6.45) is 0. The van der Waals surface area contributed by atoms with E-state index < -0.39 is 0 Å². The van der Waals surface area contributed by atoms with Crippen molar-refractivity contribution in [3.8, 4) is 11.4 Å². The van der Waals surface area contributed by atoms with E-state index in [0.29, 0.717) is 16.7 Å². The Morgan fingerprint density at radius 1 is 1.19 bits per heavy atom. The van der Waals surface area contributed by atoms with Gasteiger partial charge in [-0.1, -0.05) is 39.8 Å². The third kappa shape index (κ3) is 1.94. The Balaban J connectivity index is 1.97. The standard InChI is InChI=1S/C16H23N5/c1-10-7-6-8-11(17)13(10)14-18-19-20-21(14)9-12-15(2,3)16(12,4)5/h6-8,12H,9,17H2,1-5H3. The highest BCUT2D eigenvalue weighted by Crippen LogP contribution is 2.68. The predicted octanol–water partition coefficient (Wildman–Crippen LogP) is 2.91. The maximum Gasteiger partial charge on any atom is 0.184 e. The molecule has 1 fully saturated rings. The molecule has 1 heterocycles. The number of anilines is 1. The summed E-state index contributed by atoms with van der Waals surface area (Å²) >= 11 is 0. The highest BCUT2D eigenvalue weighted by atomic mass is 15.5. The van der Waals surface area contributed by atoms with E-state index >= 15 is 0 Å². The average molecular weight is 285 g/mol. The Hall–Kier alpha value is -1.91. The van der Waals surface area contributed by atoms with Crippen molar-refractivity contribution in [3.63, 3.8) is 0 Å². The molecule has 0 atom stereocenters. The number of hydrogen-bond acceptors (Lipinski definition) is 4. The molecule has 0 spiro atoms. The summed E-state index contributed by atoms with van der Waals surface area (Å²) in [5.41, 5.74) is 9.52. The Kier molecular flexibility index (Phi) is 2.87. The molecule has 0 amide bonds. The lowest BCUT2D eigenvalue weighted by Crippen LogP contribution is -2.09. The molecule has 2 aromatic rings. The Morgan fingerprint density at radius 3 is 2.43 bits per heavy atom. The molecule has 112 valence electrons. The zero-order valence-electron chi connectivity index (χ0n) is 13.4. The van der Waals surface area contributed by atoms with Gasteiger partial charge in [0.2, 0.25) is 0 Å². The molecule has 1 aliphatic rings. The summed E-state index contributed by atoms with van der Waals surface area (Å²) in [5, 5.41) is 12.3. The van der Waals surface area contributed by atoms with E-state index in [-0.39, 0.29) is 0 Å². The van der Waals surface area contributed by atoms with Crippen molar-refractivity contribution in [2.24, 2.45) is 16.7 Å². The van der Waals surface area contributed by atoms with Gasteiger partial charge in [0.25, 0.3) is 0 Å². The SMILES string of the molecule is Cc1cccc(N)c1-c1nnnn1CC1C(C)(C)C1(C)C. The number of aryl methyl sites for hydroxylation is 1. The van der Waals surface area contributed by atoms with Crippen LogP contribution in [0.15, 0.2) is 18.2 Å². The zero-order valence-corrected chi connectivity index (χ0v) is 13.4. The number of benzene rings is 1. The van der Waals surface area contributed by atoms with Crippen LogP contribution in [0.1, 0.15) is 33.3 Å². The van der Waals surface area contributed by atoms with Crippen LogP contribution in [0.4, 0.5) is 5.69 Å². The monoisotopic (exact) mass is 285 g/mol. The van der Waals surface area contributed by atoms with Crippen molar-refractivity contribution in [1.29, 1.82) is 0 Å². The van der Waals surface area contributed by atoms with Gasteiger partial charge in [0, 0.05) is 17.8 Å². The van der Waals surface area contributed by atoms with E-state index in [0.717, 1.165) is 29.2 Å². The molecule has 5 heteroatoms. The van der Waals surface area contributed by atoms with Gasteiger partial charge in [0.15, 0.2) is 5.82 Å². The van der Waals surface area contributed by atoms with Gasteiger partial charge in [-0.3, -0.25) is 0 Å². The van der Waals surface area contributed by atoms with Crippen molar-refractivity contribution in [2.45, 2.75) is 41.2 Å². The molecule has 1 aromatic carbocycles. The van der Waals surface area contributed by atoms with Crippen molar-refractivity contribution >= 4 is 5.69 Å². The van der Waals surface area contributed by atoms with Gasteiger partial charge in [0.05, 0.1) is 0 Å². The topological polar surface area (TPSA) is 69.6 Å². The molecule has 0 aliphatic heterocycles. The van der Waals surface area contributed by atoms with Crippen molar-refractivity contribution in [2.75, 3.05) is 5.73 Å². The van der Waals surface area contributed by atoms with Crippen molar-refractivity contribution in [1.82, 2.24) is 20.2 Å². The lowest BCUT2D eigenvalue weighted by atomic mass is 10.0. The fourth-order valence-electron chi connectivity index (χ4n) is 3.47. The highest BCUT2D eigenvalue weighted by molar-refractivity contribution is 5.74. The molecular formula is C16H23N5. The van der Waals surface area contributed by atoms with Crippen LogP contribution in [0.2, 0.25) is 0 Å². The number of tetrazole rings is 1. The van der Waals surface area contributed by atoms with Crippen molar-refractivity contribution in [3.05, 3.63) is 23.8 Å². The van der Waals surface area contributed by atoms with E-state index in [9.17, 15) is 0 Å². The van der Waals surface area contributed by atoms with E-state index in [1.807, 2.05) is 29.8 Å². The summed E-state index contributed by atoms with van der Waals surface area (Å²) in [6.45, 7) is 12.1. The second-order valence-electron chi connectivity index (χ2n) is 7.22. The number of aromatic nitrogens is 4. The van der Waals surface area contributed by atoms with E-state index in [1.54, 1.807) is 0 Å². The van der Waals surface area contributed by atoms with Crippen LogP contribution < -0.4 is 5.73 Å². The number of rotatable bonds is 3. The Morgan fingerprint density at radius 2 is 1.86 bits per heavy atom. The summed E-state index contributed by atoms with van der Waals surface area (Å²) < 4.78 is 1.90. The molecule has 3 rings (SSSR count). The van der Waals surface area contributed by atoms with Crippen LogP contribution in [0.25, 0.3) is 11.4 Å². The van der Waals surface area contributed by atoms with Crippen molar-refractivity contribution < 1.29 is 0 Å². The van der Waals surface area contributed by atoms with E-state index in [4.69, 9.17) is 5.73 Å². The minimum Gasteiger partial charge on any atom is -0.398 e. The van der Waals surface area contributed by atoms with Crippen LogP contribution in [-0.2, 0) is 6.54 Å². The first kappa shape index (κ1) is 14.0. The third-order valence-electron chi connectivity index (χ3n) is 5.74. The molecule has 0 saturated heterocycles. The first-order valence-electron chi connectivity index (χ1n) is 7.38. The molecule has 1 aromatic heterocycles. The largest absolute Gasteiger partial charge is 0.398 e. The van der Waals surface area contributed by atoms with Gasteiger partial charge in [-0.15, -0.1) is 5.10 Å². The molecule has 2 N–H and O–H groups in total. The molecule has 1 aliphatic carbocycles. The van der Waals surface area contributed by atoms with Crippen LogP contribution in [-0.4, -0.2) is 20.2 Å². The maximum atomic E-state index is 6.13. The normalized spacial score (nSPS) is 19.7. The minimum atomic E-state index is 0.313. The average Bonchev–Trinajstić information content (AvgIpc) is 2.74. The summed E-state index contributed by atoms with van der Waals surface area (Å²) in [4.78, 5) is 0. The first-order valence-corrected chi connectivity index (χ1v) is 7.38. The second kappa shape index (κ2) is 4.29.